The average Bonchev–Trinajstić information content (AvgIpc) is 2.60. The fourth-order valence-corrected chi connectivity index (χ4v) is 3.08. The molecule has 0 spiro atoms. The molecule has 0 saturated carbocycles. The normalized spacial score (nSPS) is 11.3. The summed E-state index contributed by atoms with van der Waals surface area (Å²) in [4.78, 5) is 2.15. The van der Waals surface area contributed by atoms with Gasteiger partial charge in [0.1, 0.15) is 0 Å². The Hall–Kier alpha value is -2.15. The van der Waals surface area contributed by atoms with Gasteiger partial charge >= 0.3 is 147 Å². The molecular formula is C21H21NSe. The Labute approximate surface area is 147 Å². The minimum absolute atomic E-state index is 0.776. The summed E-state index contributed by atoms with van der Waals surface area (Å²) in [5.74, 6) is 0. The van der Waals surface area contributed by atoms with Gasteiger partial charge < -0.3 is 0 Å². The number of hydrogen-bond acceptors (Lipinski definition) is 1. The molecule has 23 heavy (non-hydrogen) atoms. The Balaban J connectivity index is 2.65. The summed E-state index contributed by atoms with van der Waals surface area (Å²) < 4.78 is 1.08. The third kappa shape index (κ3) is 4.19. The number of allylic oxidation sites excluding steroid dienone is 2. The van der Waals surface area contributed by atoms with E-state index in [1.54, 1.807) is 0 Å². The Bertz CT molecular complexity index is 714. The monoisotopic (exact) mass is 367 g/mol. The zero-order valence-corrected chi connectivity index (χ0v) is 15.1. The van der Waals surface area contributed by atoms with E-state index in [2.05, 4.69) is 77.1 Å². The topological polar surface area (TPSA) is 3.24 Å². The molecular weight excluding hydrogens is 345 g/mol. The summed E-state index contributed by atoms with van der Waals surface area (Å²) in [5.41, 5.74) is 4.58. The van der Waals surface area contributed by atoms with E-state index >= 15 is 0 Å². The quantitative estimate of drug-likeness (QED) is 0.307. The first-order valence-corrected chi connectivity index (χ1v) is 8.38. The number of rotatable bonds is 7. The fraction of sp³-hybridized carbons (Fsp3) is 0.0952. The SMILES string of the molecule is C=CCN(C)C(=[Se])/C(=C(/C=C)c1ccccc1)c1ccccc1. The van der Waals surface area contributed by atoms with E-state index in [1.165, 1.54) is 0 Å². The van der Waals surface area contributed by atoms with E-state index < -0.39 is 0 Å². The number of nitrogens with zero attached hydrogens (tertiary/aromatic N) is 1. The van der Waals surface area contributed by atoms with Crippen LogP contribution in [0.1, 0.15) is 11.1 Å². The third-order valence-corrected chi connectivity index (χ3v) is 4.67. The molecule has 2 aromatic rings. The molecule has 0 aliphatic rings. The maximum atomic E-state index is 4.05. The summed E-state index contributed by atoms with van der Waals surface area (Å²) in [6.45, 7) is 8.66. The van der Waals surface area contributed by atoms with Gasteiger partial charge in [0.05, 0.1) is 0 Å². The molecule has 0 radical (unpaired) electrons. The van der Waals surface area contributed by atoms with Crippen LogP contribution in [-0.2, 0) is 0 Å². The number of benzene rings is 2. The molecule has 0 fully saturated rings. The van der Waals surface area contributed by atoms with Crippen LogP contribution in [0.4, 0.5) is 0 Å². The van der Waals surface area contributed by atoms with Gasteiger partial charge in [0, 0.05) is 0 Å². The standard InChI is InChI=1S/C21H21NSe/c1-4-16-22(3)21(23)20(18-14-10-7-11-15-18)19(5-2)17-12-8-6-9-13-17/h4-15H,1-2,16H2,3H3/b20-19-. The van der Waals surface area contributed by atoms with Crippen molar-refractivity contribution in [3.8, 4) is 0 Å². The molecule has 0 unspecified atom stereocenters. The van der Waals surface area contributed by atoms with Crippen molar-refractivity contribution in [3.05, 3.63) is 97.1 Å². The summed E-state index contributed by atoms with van der Waals surface area (Å²) >= 11 is 3.23. The predicted molar refractivity (Wildman–Crippen MR) is 103 cm³/mol. The van der Waals surface area contributed by atoms with Gasteiger partial charge in [0.15, 0.2) is 0 Å². The summed E-state index contributed by atoms with van der Waals surface area (Å²) in [6, 6.07) is 20.7. The van der Waals surface area contributed by atoms with Crippen LogP contribution in [-0.4, -0.2) is 38.6 Å². The van der Waals surface area contributed by atoms with Gasteiger partial charge in [-0.25, -0.2) is 0 Å². The van der Waals surface area contributed by atoms with Gasteiger partial charge in [-0.3, -0.25) is 0 Å². The van der Waals surface area contributed by atoms with Crippen LogP contribution in [0.5, 0.6) is 0 Å². The second-order valence-electron chi connectivity index (χ2n) is 5.20. The molecule has 2 heteroatoms. The Morgan fingerprint density at radius 2 is 1.48 bits per heavy atom. The average molecular weight is 366 g/mol. The predicted octanol–water partition coefficient (Wildman–Crippen LogP) is 4.20. The maximum absolute atomic E-state index is 4.05. The van der Waals surface area contributed by atoms with E-state index in [9.17, 15) is 0 Å². The van der Waals surface area contributed by atoms with Crippen LogP contribution in [0.2, 0.25) is 0 Å². The van der Waals surface area contributed by atoms with E-state index in [-0.39, 0.29) is 0 Å². The van der Waals surface area contributed by atoms with Gasteiger partial charge in [-0.1, -0.05) is 0 Å². The number of likely N-dealkylation sites (N-methyl/N-ethyl adjacent to an activating group) is 1. The molecule has 0 bridgehead atoms. The molecule has 116 valence electrons. The van der Waals surface area contributed by atoms with Gasteiger partial charge in [-0.2, -0.15) is 0 Å². The molecule has 0 aromatic heterocycles. The van der Waals surface area contributed by atoms with E-state index in [4.69, 9.17) is 0 Å². The Kier molecular flexibility index (Phi) is 6.34. The van der Waals surface area contributed by atoms with Crippen LogP contribution in [0.25, 0.3) is 11.1 Å². The Morgan fingerprint density at radius 1 is 0.957 bits per heavy atom. The van der Waals surface area contributed by atoms with Crippen molar-refractivity contribution in [2.45, 2.75) is 0 Å². The van der Waals surface area contributed by atoms with Gasteiger partial charge in [0.25, 0.3) is 0 Å². The zero-order valence-electron chi connectivity index (χ0n) is 13.4. The van der Waals surface area contributed by atoms with E-state index in [0.29, 0.717) is 0 Å². The van der Waals surface area contributed by atoms with Crippen molar-refractivity contribution in [2.75, 3.05) is 13.6 Å². The van der Waals surface area contributed by atoms with Crippen LogP contribution in [0.15, 0.2) is 86.0 Å². The molecule has 2 aromatic carbocycles. The molecule has 0 amide bonds. The van der Waals surface area contributed by atoms with Crippen molar-refractivity contribution in [1.29, 1.82) is 0 Å². The van der Waals surface area contributed by atoms with Crippen molar-refractivity contribution >= 4 is 31.3 Å². The van der Waals surface area contributed by atoms with Crippen molar-refractivity contribution < 1.29 is 0 Å². The van der Waals surface area contributed by atoms with Crippen molar-refractivity contribution in [2.24, 2.45) is 0 Å². The summed E-state index contributed by atoms with van der Waals surface area (Å²) in [6.07, 6.45) is 3.83. The van der Waals surface area contributed by atoms with Crippen LogP contribution in [0, 0.1) is 0 Å². The first-order chi connectivity index (χ1) is 11.2. The van der Waals surface area contributed by atoms with Gasteiger partial charge in [-0.15, -0.1) is 0 Å². The second-order valence-corrected chi connectivity index (χ2v) is 6.01. The van der Waals surface area contributed by atoms with Gasteiger partial charge in [0.2, 0.25) is 0 Å². The minimum atomic E-state index is 0.776. The van der Waals surface area contributed by atoms with Gasteiger partial charge in [-0.05, 0) is 0 Å². The first-order valence-electron chi connectivity index (χ1n) is 7.53. The van der Waals surface area contributed by atoms with Crippen molar-refractivity contribution in [1.82, 2.24) is 4.90 Å². The fourth-order valence-electron chi connectivity index (χ4n) is 2.45. The molecule has 0 atom stereocenters. The van der Waals surface area contributed by atoms with E-state index in [0.717, 1.165) is 33.4 Å². The summed E-state index contributed by atoms with van der Waals surface area (Å²) in [5, 5.41) is 0. The summed E-state index contributed by atoms with van der Waals surface area (Å²) in [7, 11) is 2.06. The van der Waals surface area contributed by atoms with Crippen LogP contribution >= 0.6 is 0 Å². The van der Waals surface area contributed by atoms with E-state index in [1.807, 2.05) is 36.4 Å². The van der Waals surface area contributed by atoms with Crippen LogP contribution in [0.3, 0.4) is 0 Å². The van der Waals surface area contributed by atoms with Crippen LogP contribution < -0.4 is 0 Å². The molecule has 0 aliphatic heterocycles. The second kappa shape index (κ2) is 8.47. The number of hydrogen-bond donors (Lipinski definition) is 0. The molecule has 0 saturated heterocycles. The molecule has 2 rings (SSSR count). The molecule has 0 heterocycles. The third-order valence-electron chi connectivity index (χ3n) is 3.58. The zero-order chi connectivity index (χ0) is 16.7. The molecule has 0 aliphatic carbocycles. The Morgan fingerprint density at radius 3 is 1.96 bits per heavy atom. The molecule has 0 N–H and O–H groups in total. The van der Waals surface area contributed by atoms with Crippen molar-refractivity contribution in [3.63, 3.8) is 0 Å². The molecule has 1 nitrogen and oxygen atoms in total. The first kappa shape index (κ1) is 17.2.